The fourth-order valence-corrected chi connectivity index (χ4v) is 2.49. The first-order chi connectivity index (χ1) is 10.1. The second kappa shape index (κ2) is 9.87. The molecule has 0 bridgehead atoms. The molecule has 1 rings (SSSR count). The Bertz CT molecular complexity index is 395. The average molecular weight is 295 g/mol. The van der Waals surface area contributed by atoms with Gasteiger partial charge in [0.25, 0.3) is 0 Å². The number of likely N-dealkylation sites (N-methyl/N-ethyl adjacent to an activating group) is 2. The van der Waals surface area contributed by atoms with E-state index in [0.717, 1.165) is 44.7 Å². The highest BCUT2D eigenvalue weighted by Crippen LogP contribution is 2.18. The minimum atomic E-state index is -0.118. The SMILES string of the molecule is CCCN(CCN(C)C)CC(NCC)c1ccccc1F. The van der Waals surface area contributed by atoms with Crippen molar-refractivity contribution in [1.82, 2.24) is 15.1 Å². The fourth-order valence-electron chi connectivity index (χ4n) is 2.49. The Kier molecular flexibility index (Phi) is 8.50. The standard InChI is InChI=1S/C17H30FN3/c1-5-11-21(13-12-20(3)4)14-17(19-6-2)15-9-7-8-10-16(15)18/h7-10,17,19H,5-6,11-14H2,1-4H3. The molecule has 0 saturated heterocycles. The normalized spacial score (nSPS) is 13.1. The number of hydrogen-bond donors (Lipinski definition) is 1. The molecule has 120 valence electrons. The fraction of sp³-hybridized carbons (Fsp3) is 0.647. The van der Waals surface area contributed by atoms with Gasteiger partial charge in [-0.25, -0.2) is 4.39 Å². The minimum Gasteiger partial charge on any atom is -0.309 e. The van der Waals surface area contributed by atoms with Crippen LogP contribution in [0.15, 0.2) is 24.3 Å². The van der Waals surface area contributed by atoms with Crippen LogP contribution >= 0.6 is 0 Å². The molecule has 1 aromatic rings. The van der Waals surface area contributed by atoms with Crippen molar-refractivity contribution in [1.29, 1.82) is 0 Å². The lowest BCUT2D eigenvalue weighted by Gasteiger charge is -2.29. The van der Waals surface area contributed by atoms with Gasteiger partial charge in [-0.15, -0.1) is 0 Å². The van der Waals surface area contributed by atoms with Crippen LogP contribution in [0, 0.1) is 5.82 Å². The lowest BCUT2D eigenvalue weighted by Crippen LogP contribution is -2.39. The van der Waals surface area contributed by atoms with E-state index < -0.39 is 0 Å². The highest BCUT2D eigenvalue weighted by Gasteiger charge is 2.17. The summed E-state index contributed by atoms with van der Waals surface area (Å²) in [4.78, 5) is 4.60. The number of rotatable bonds is 10. The van der Waals surface area contributed by atoms with Gasteiger partial charge in [0.2, 0.25) is 0 Å². The third-order valence-corrected chi connectivity index (χ3v) is 3.58. The Balaban J connectivity index is 2.76. The summed E-state index contributed by atoms with van der Waals surface area (Å²) in [5, 5.41) is 3.42. The number of nitrogens with one attached hydrogen (secondary N) is 1. The largest absolute Gasteiger partial charge is 0.309 e. The van der Waals surface area contributed by atoms with Gasteiger partial charge < -0.3 is 15.1 Å². The van der Waals surface area contributed by atoms with Crippen molar-refractivity contribution in [3.05, 3.63) is 35.6 Å². The molecule has 1 N–H and O–H groups in total. The van der Waals surface area contributed by atoms with Gasteiger partial charge in [-0.05, 0) is 39.7 Å². The Morgan fingerprint density at radius 2 is 1.81 bits per heavy atom. The Morgan fingerprint density at radius 3 is 2.38 bits per heavy atom. The van der Waals surface area contributed by atoms with Crippen molar-refractivity contribution >= 4 is 0 Å². The second-order valence-corrected chi connectivity index (χ2v) is 5.74. The van der Waals surface area contributed by atoms with Crippen molar-refractivity contribution in [3.8, 4) is 0 Å². The van der Waals surface area contributed by atoms with Crippen molar-refractivity contribution in [2.45, 2.75) is 26.3 Å². The first-order valence-electron chi connectivity index (χ1n) is 7.93. The molecule has 21 heavy (non-hydrogen) atoms. The van der Waals surface area contributed by atoms with Gasteiger partial charge in [0.05, 0.1) is 0 Å². The molecule has 1 unspecified atom stereocenters. The number of halogens is 1. The molecule has 0 aliphatic heterocycles. The lowest BCUT2D eigenvalue weighted by atomic mass is 10.1. The third-order valence-electron chi connectivity index (χ3n) is 3.58. The van der Waals surface area contributed by atoms with E-state index in [4.69, 9.17) is 0 Å². The molecule has 0 aromatic heterocycles. The van der Waals surface area contributed by atoms with Crippen LogP contribution in [-0.2, 0) is 0 Å². The van der Waals surface area contributed by atoms with Gasteiger partial charge in [-0.1, -0.05) is 32.0 Å². The molecule has 0 aliphatic carbocycles. The van der Waals surface area contributed by atoms with Gasteiger partial charge in [0.1, 0.15) is 5.82 Å². The van der Waals surface area contributed by atoms with E-state index in [9.17, 15) is 4.39 Å². The van der Waals surface area contributed by atoms with Gasteiger partial charge in [0.15, 0.2) is 0 Å². The Hall–Kier alpha value is -0.970. The predicted molar refractivity (Wildman–Crippen MR) is 88.1 cm³/mol. The first kappa shape index (κ1) is 18.1. The topological polar surface area (TPSA) is 18.5 Å². The van der Waals surface area contributed by atoms with Crippen LogP contribution in [0.5, 0.6) is 0 Å². The molecule has 0 aliphatic rings. The first-order valence-corrected chi connectivity index (χ1v) is 7.93. The Morgan fingerprint density at radius 1 is 1.10 bits per heavy atom. The summed E-state index contributed by atoms with van der Waals surface area (Å²) < 4.78 is 14.0. The van der Waals surface area contributed by atoms with Gasteiger partial charge in [-0.3, -0.25) is 0 Å². The molecule has 3 nitrogen and oxygen atoms in total. The molecular weight excluding hydrogens is 265 g/mol. The highest BCUT2D eigenvalue weighted by molar-refractivity contribution is 5.21. The van der Waals surface area contributed by atoms with E-state index in [1.165, 1.54) is 0 Å². The van der Waals surface area contributed by atoms with Crippen molar-refractivity contribution < 1.29 is 4.39 Å². The van der Waals surface area contributed by atoms with Crippen LogP contribution in [0.25, 0.3) is 0 Å². The number of benzene rings is 1. The summed E-state index contributed by atoms with van der Waals surface area (Å²) in [6.07, 6.45) is 1.11. The maximum Gasteiger partial charge on any atom is 0.128 e. The van der Waals surface area contributed by atoms with Crippen LogP contribution in [0.3, 0.4) is 0 Å². The van der Waals surface area contributed by atoms with Crippen LogP contribution in [0.2, 0.25) is 0 Å². The molecule has 0 fully saturated rings. The van der Waals surface area contributed by atoms with E-state index in [0.29, 0.717) is 0 Å². The summed E-state index contributed by atoms with van der Waals surface area (Å²) in [5.74, 6) is -0.118. The van der Waals surface area contributed by atoms with E-state index in [1.54, 1.807) is 12.1 Å². The van der Waals surface area contributed by atoms with Gasteiger partial charge in [-0.2, -0.15) is 0 Å². The molecule has 1 aromatic carbocycles. The number of nitrogens with zero attached hydrogens (tertiary/aromatic N) is 2. The molecule has 0 radical (unpaired) electrons. The molecular formula is C17H30FN3. The Labute approximate surface area is 129 Å². The molecule has 0 heterocycles. The second-order valence-electron chi connectivity index (χ2n) is 5.74. The number of hydrogen-bond acceptors (Lipinski definition) is 3. The monoisotopic (exact) mass is 295 g/mol. The maximum atomic E-state index is 14.0. The van der Waals surface area contributed by atoms with E-state index in [-0.39, 0.29) is 11.9 Å². The summed E-state index contributed by atoms with van der Waals surface area (Å²) in [7, 11) is 4.17. The zero-order chi connectivity index (χ0) is 15.7. The van der Waals surface area contributed by atoms with Crippen LogP contribution < -0.4 is 5.32 Å². The van der Waals surface area contributed by atoms with E-state index in [1.807, 2.05) is 12.1 Å². The van der Waals surface area contributed by atoms with Gasteiger partial charge >= 0.3 is 0 Å². The van der Waals surface area contributed by atoms with Crippen LogP contribution in [0.4, 0.5) is 4.39 Å². The summed E-state index contributed by atoms with van der Waals surface area (Å²) in [6.45, 7) is 9.02. The molecule has 0 saturated carbocycles. The summed E-state index contributed by atoms with van der Waals surface area (Å²) in [5.41, 5.74) is 0.769. The van der Waals surface area contributed by atoms with E-state index in [2.05, 4.69) is 43.1 Å². The van der Waals surface area contributed by atoms with Crippen LogP contribution in [0.1, 0.15) is 31.9 Å². The van der Waals surface area contributed by atoms with Crippen molar-refractivity contribution in [2.24, 2.45) is 0 Å². The predicted octanol–water partition coefficient (Wildman–Crippen LogP) is 2.75. The third kappa shape index (κ3) is 6.55. The van der Waals surface area contributed by atoms with Gasteiger partial charge in [0, 0.05) is 31.2 Å². The van der Waals surface area contributed by atoms with Crippen LogP contribution in [-0.4, -0.2) is 56.6 Å². The minimum absolute atomic E-state index is 0.0462. The molecule has 0 spiro atoms. The average Bonchev–Trinajstić information content (AvgIpc) is 2.45. The summed E-state index contributed by atoms with van der Waals surface area (Å²) in [6, 6.07) is 7.14. The summed E-state index contributed by atoms with van der Waals surface area (Å²) >= 11 is 0. The zero-order valence-corrected chi connectivity index (χ0v) is 13.9. The lowest BCUT2D eigenvalue weighted by molar-refractivity contribution is 0.217. The van der Waals surface area contributed by atoms with Crippen molar-refractivity contribution in [3.63, 3.8) is 0 Å². The quantitative estimate of drug-likeness (QED) is 0.716. The van der Waals surface area contributed by atoms with E-state index >= 15 is 0 Å². The van der Waals surface area contributed by atoms with Crippen molar-refractivity contribution in [2.75, 3.05) is 46.8 Å². The smallest absolute Gasteiger partial charge is 0.128 e. The highest BCUT2D eigenvalue weighted by atomic mass is 19.1. The zero-order valence-electron chi connectivity index (χ0n) is 13.9. The molecule has 0 amide bonds. The molecule has 4 heteroatoms. The molecule has 1 atom stereocenters. The maximum absolute atomic E-state index is 14.0.